The molecule has 1 heterocycles. The van der Waals surface area contributed by atoms with E-state index >= 15 is 0 Å². The number of furan rings is 1. The minimum atomic E-state index is 0.0501. The van der Waals surface area contributed by atoms with E-state index in [0.717, 1.165) is 22.6 Å². The van der Waals surface area contributed by atoms with Crippen molar-refractivity contribution in [2.45, 2.75) is 46.4 Å². The zero-order valence-electron chi connectivity index (χ0n) is 13.0. The number of aryl methyl sites for hydroxylation is 1. The lowest BCUT2D eigenvalue weighted by molar-refractivity contribution is 0.297. The van der Waals surface area contributed by atoms with Crippen molar-refractivity contribution in [3.63, 3.8) is 0 Å². The van der Waals surface area contributed by atoms with Crippen molar-refractivity contribution in [2.75, 3.05) is 0 Å². The molecule has 0 bridgehead atoms. The summed E-state index contributed by atoms with van der Waals surface area (Å²) in [6.45, 7) is 9.54. The topological polar surface area (TPSA) is 34.4 Å². The minimum Gasteiger partial charge on any atom is -0.488 e. The molecule has 0 fully saturated rings. The number of ether oxygens (including phenoxy) is 1. The molecule has 0 saturated carbocycles. The highest BCUT2D eigenvalue weighted by Crippen LogP contribution is 2.24. The average Bonchev–Trinajstić information content (AvgIpc) is 2.84. The maximum atomic E-state index is 6.00. The second kappa shape index (κ2) is 6.54. The predicted octanol–water partition coefficient (Wildman–Crippen LogP) is 4.71. The van der Waals surface area contributed by atoms with Gasteiger partial charge in [-0.1, -0.05) is 17.7 Å². The van der Waals surface area contributed by atoms with Gasteiger partial charge in [-0.15, -0.1) is 0 Å². The predicted molar refractivity (Wildman–Crippen MR) is 85.8 cm³/mol. The minimum absolute atomic E-state index is 0.0501. The fraction of sp³-hybridized carbons (Fsp3) is 0.412. The molecule has 2 aromatic rings. The molecule has 1 aromatic heterocycles. The quantitative estimate of drug-likeness (QED) is 0.868. The molecule has 0 spiro atoms. The van der Waals surface area contributed by atoms with Gasteiger partial charge in [-0.2, -0.15) is 0 Å². The molecule has 2 rings (SSSR count). The lowest BCUT2D eigenvalue weighted by Crippen LogP contribution is -2.35. The zero-order valence-corrected chi connectivity index (χ0v) is 13.8. The van der Waals surface area contributed by atoms with Crippen molar-refractivity contribution < 1.29 is 9.15 Å². The monoisotopic (exact) mass is 307 g/mol. The van der Waals surface area contributed by atoms with Gasteiger partial charge in [0.05, 0.1) is 12.8 Å². The van der Waals surface area contributed by atoms with Gasteiger partial charge in [-0.25, -0.2) is 0 Å². The summed E-state index contributed by atoms with van der Waals surface area (Å²) in [6, 6.07) is 7.60. The Morgan fingerprint density at radius 2 is 2.00 bits per heavy atom. The molecule has 0 unspecified atom stereocenters. The van der Waals surface area contributed by atoms with E-state index in [-0.39, 0.29) is 5.54 Å². The maximum absolute atomic E-state index is 6.00. The van der Waals surface area contributed by atoms with Gasteiger partial charge >= 0.3 is 0 Å². The van der Waals surface area contributed by atoms with E-state index in [1.807, 2.05) is 31.2 Å². The number of benzene rings is 1. The highest BCUT2D eigenvalue weighted by molar-refractivity contribution is 6.30. The van der Waals surface area contributed by atoms with Crippen molar-refractivity contribution in [3.05, 3.63) is 52.4 Å². The highest BCUT2D eigenvalue weighted by atomic mass is 35.5. The Kier molecular flexibility index (Phi) is 4.96. The third-order valence-corrected chi connectivity index (χ3v) is 3.39. The normalized spacial score (nSPS) is 11.7. The van der Waals surface area contributed by atoms with Crippen LogP contribution >= 0.6 is 11.6 Å². The van der Waals surface area contributed by atoms with Crippen molar-refractivity contribution >= 4 is 11.6 Å². The van der Waals surface area contributed by atoms with Crippen molar-refractivity contribution in [2.24, 2.45) is 0 Å². The van der Waals surface area contributed by atoms with Crippen LogP contribution in [0.1, 0.15) is 37.7 Å². The van der Waals surface area contributed by atoms with Gasteiger partial charge < -0.3 is 14.5 Å². The number of halogens is 1. The van der Waals surface area contributed by atoms with Crippen LogP contribution in [0.4, 0.5) is 0 Å². The lowest BCUT2D eigenvalue weighted by atomic mass is 10.1. The molecule has 1 N–H and O–H groups in total. The van der Waals surface area contributed by atoms with Crippen LogP contribution in [0, 0.1) is 6.92 Å². The number of hydrogen-bond acceptors (Lipinski definition) is 3. The summed E-state index contributed by atoms with van der Waals surface area (Å²) in [4.78, 5) is 0. The first kappa shape index (κ1) is 15.9. The van der Waals surface area contributed by atoms with Gasteiger partial charge in [0.25, 0.3) is 0 Å². The summed E-state index contributed by atoms with van der Waals surface area (Å²) >= 11 is 6.00. The van der Waals surface area contributed by atoms with Crippen LogP contribution in [0.3, 0.4) is 0 Å². The number of hydrogen-bond donors (Lipinski definition) is 1. The Bertz CT molecular complexity index is 599. The second-order valence-electron chi connectivity index (χ2n) is 6.17. The number of rotatable bonds is 5. The first-order valence-electron chi connectivity index (χ1n) is 7.04. The van der Waals surface area contributed by atoms with Gasteiger partial charge in [-0.05, 0) is 51.5 Å². The molecule has 3 nitrogen and oxygen atoms in total. The molecule has 21 heavy (non-hydrogen) atoms. The largest absolute Gasteiger partial charge is 0.488 e. The average molecular weight is 308 g/mol. The summed E-state index contributed by atoms with van der Waals surface area (Å²) in [6.07, 6.45) is 1.70. The molecular weight excluding hydrogens is 286 g/mol. The molecule has 0 aliphatic carbocycles. The third-order valence-electron chi connectivity index (χ3n) is 3.15. The van der Waals surface area contributed by atoms with Crippen molar-refractivity contribution in [1.29, 1.82) is 0 Å². The lowest BCUT2D eigenvalue weighted by Gasteiger charge is -2.20. The first-order valence-corrected chi connectivity index (χ1v) is 7.42. The molecule has 0 amide bonds. The second-order valence-corrected chi connectivity index (χ2v) is 6.61. The molecule has 0 aliphatic heterocycles. The SMILES string of the molecule is Cc1ccc(Cl)cc1OCc1ccoc1CNC(C)(C)C. The Morgan fingerprint density at radius 1 is 1.24 bits per heavy atom. The van der Waals surface area contributed by atoms with E-state index in [4.69, 9.17) is 20.8 Å². The molecule has 0 saturated heterocycles. The first-order chi connectivity index (χ1) is 9.85. The van der Waals surface area contributed by atoms with E-state index in [2.05, 4.69) is 26.1 Å². The van der Waals surface area contributed by atoms with E-state index in [0.29, 0.717) is 18.2 Å². The summed E-state index contributed by atoms with van der Waals surface area (Å²) in [5.41, 5.74) is 2.16. The summed E-state index contributed by atoms with van der Waals surface area (Å²) < 4.78 is 11.4. The van der Waals surface area contributed by atoms with E-state index in [9.17, 15) is 0 Å². The Morgan fingerprint density at radius 3 is 2.71 bits per heavy atom. The van der Waals surface area contributed by atoms with Gasteiger partial charge in [0.1, 0.15) is 18.1 Å². The van der Waals surface area contributed by atoms with Crippen LogP contribution in [-0.2, 0) is 13.2 Å². The van der Waals surface area contributed by atoms with E-state index < -0.39 is 0 Å². The van der Waals surface area contributed by atoms with Gasteiger partial charge in [0.15, 0.2) is 0 Å². The van der Waals surface area contributed by atoms with Crippen molar-refractivity contribution in [1.82, 2.24) is 5.32 Å². The van der Waals surface area contributed by atoms with E-state index in [1.165, 1.54) is 0 Å². The third kappa shape index (κ3) is 4.80. The smallest absolute Gasteiger partial charge is 0.124 e. The number of nitrogens with one attached hydrogen (secondary N) is 1. The molecule has 0 radical (unpaired) electrons. The van der Waals surface area contributed by atoms with Gasteiger partial charge in [-0.3, -0.25) is 0 Å². The van der Waals surface area contributed by atoms with Crippen LogP contribution in [-0.4, -0.2) is 5.54 Å². The maximum Gasteiger partial charge on any atom is 0.124 e. The van der Waals surface area contributed by atoms with Crippen molar-refractivity contribution in [3.8, 4) is 5.75 Å². The fourth-order valence-electron chi connectivity index (χ4n) is 1.88. The highest BCUT2D eigenvalue weighted by Gasteiger charge is 2.13. The van der Waals surface area contributed by atoms with Crippen LogP contribution in [0.5, 0.6) is 5.75 Å². The Balaban J connectivity index is 2.01. The van der Waals surface area contributed by atoms with Crippen LogP contribution < -0.4 is 10.1 Å². The van der Waals surface area contributed by atoms with E-state index in [1.54, 1.807) is 6.26 Å². The molecular formula is C17H22ClNO2. The standard InChI is InChI=1S/C17H22ClNO2/c1-12-5-6-14(18)9-15(12)21-11-13-7-8-20-16(13)10-19-17(2,3)4/h5-9,19H,10-11H2,1-4H3. The summed E-state index contributed by atoms with van der Waals surface area (Å²) in [5.74, 6) is 1.71. The molecule has 0 aliphatic rings. The fourth-order valence-corrected chi connectivity index (χ4v) is 2.04. The molecule has 0 atom stereocenters. The molecule has 114 valence electrons. The Hall–Kier alpha value is -1.45. The zero-order chi connectivity index (χ0) is 15.5. The van der Waals surface area contributed by atoms with Crippen LogP contribution in [0.2, 0.25) is 5.02 Å². The summed E-state index contributed by atoms with van der Waals surface area (Å²) in [5, 5.41) is 4.09. The van der Waals surface area contributed by atoms with Gasteiger partial charge in [0, 0.05) is 16.1 Å². The Labute approximate surface area is 131 Å². The summed E-state index contributed by atoms with van der Waals surface area (Å²) in [7, 11) is 0. The van der Waals surface area contributed by atoms with Gasteiger partial charge in [0.2, 0.25) is 0 Å². The molecule has 4 heteroatoms. The van der Waals surface area contributed by atoms with Crippen LogP contribution in [0.25, 0.3) is 0 Å². The molecule has 1 aromatic carbocycles. The van der Waals surface area contributed by atoms with Crippen LogP contribution in [0.15, 0.2) is 34.9 Å².